The van der Waals surface area contributed by atoms with E-state index < -0.39 is 0 Å². The van der Waals surface area contributed by atoms with Crippen molar-refractivity contribution in [3.63, 3.8) is 0 Å². The molecule has 0 aliphatic carbocycles. The van der Waals surface area contributed by atoms with Gasteiger partial charge in [-0.05, 0) is 47.2 Å². The van der Waals surface area contributed by atoms with Crippen LogP contribution < -0.4 is 9.47 Å². The van der Waals surface area contributed by atoms with Gasteiger partial charge in [-0.1, -0.05) is 166 Å². The summed E-state index contributed by atoms with van der Waals surface area (Å²) >= 11 is 0. The van der Waals surface area contributed by atoms with Gasteiger partial charge >= 0.3 is 21.1 Å². The maximum atomic E-state index is 9.62. The first-order chi connectivity index (χ1) is 26.7. The van der Waals surface area contributed by atoms with Gasteiger partial charge in [0.1, 0.15) is 11.5 Å². The van der Waals surface area contributed by atoms with Gasteiger partial charge in [0.05, 0.1) is 14.2 Å². The van der Waals surface area contributed by atoms with E-state index in [2.05, 4.69) is 94.9 Å². The van der Waals surface area contributed by atoms with Crippen LogP contribution >= 0.6 is 0 Å². The second-order valence-electron chi connectivity index (χ2n) is 12.2. The largest absolute Gasteiger partial charge is 2.00 e. The zero-order valence-electron chi connectivity index (χ0n) is 30.2. The minimum atomic E-state index is 0. The average molecular weight is 893 g/mol. The van der Waals surface area contributed by atoms with E-state index in [9.17, 15) is 5.26 Å². The van der Waals surface area contributed by atoms with Crippen LogP contribution in [-0.4, -0.2) is 24.2 Å². The van der Waals surface area contributed by atoms with Crippen molar-refractivity contribution in [3.8, 4) is 84.6 Å². The summed E-state index contributed by atoms with van der Waals surface area (Å²) in [5.41, 5.74) is 12.4. The number of hydrogen-bond acceptors (Lipinski definition) is 5. The van der Waals surface area contributed by atoms with E-state index in [-0.39, 0.29) is 21.1 Å². The van der Waals surface area contributed by atoms with Crippen LogP contribution in [-0.2, 0) is 21.1 Å². The molecule has 0 fully saturated rings. The van der Waals surface area contributed by atoms with Gasteiger partial charge < -0.3 is 14.5 Å². The molecule has 0 atom stereocenters. The second kappa shape index (κ2) is 18.4. The summed E-state index contributed by atoms with van der Waals surface area (Å²) in [6.45, 7) is 0. The summed E-state index contributed by atoms with van der Waals surface area (Å²) in [7, 11) is 3.30. The first-order valence-corrected chi connectivity index (χ1v) is 17.4. The van der Waals surface area contributed by atoms with Crippen LogP contribution in [0.4, 0.5) is 0 Å². The smallest absolute Gasteiger partial charge is 0.497 e. The summed E-state index contributed by atoms with van der Waals surface area (Å²) in [5, 5.41) is 9.62. The average Bonchev–Trinajstić information content (AvgIpc) is 3.27. The zero-order chi connectivity index (χ0) is 37.1. The van der Waals surface area contributed by atoms with Gasteiger partial charge in [-0.15, -0.1) is 35.9 Å². The second-order valence-corrected chi connectivity index (χ2v) is 12.2. The third-order valence-corrected chi connectivity index (χ3v) is 8.93. The van der Waals surface area contributed by atoms with Crippen LogP contribution in [0.25, 0.3) is 67.0 Å². The number of nitriles is 1. The van der Waals surface area contributed by atoms with Crippen molar-refractivity contribution in [3.05, 3.63) is 194 Å². The van der Waals surface area contributed by atoms with Gasteiger partial charge in [-0.2, -0.15) is 0 Å². The number of ether oxygens (including phenoxy) is 2. The molecule has 0 N–H and O–H groups in total. The molecule has 2 aromatic heterocycles. The molecule has 8 rings (SSSR count). The predicted molar refractivity (Wildman–Crippen MR) is 217 cm³/mol. The number of hydrogen-bond donors (Lipinski definition) is 0. The summed E-state index contributed by atoms with van der Waals surface area (Å²) in [6.07, 6.45) is 3.48. The monoisotopic (exact) mass is 892 g/mol. The Balaban J connectivity index is 0.000000184. The van der Waals surface area contributed by atoms with Gasteiger partial charge in [0.25, 0.3) is 0 Å². The Morgan fingerprint density at radius 1 is 0.509 bits per heavy atom. The molecule has 0 unspecified atom stereocenters. The third-order valence-electron chi connectivity index (χ3n) is 8.93. The Bertz CT molecular complexity index is 2520. The fraction of sp³-hybridized carbons (Fsp3) is 0.0408. The topological polar surface area (TPSA) is 68.0 Å². The first kappa shape index (κ1) is 38.1. The van der Waals surface area contributed by atoms with Gasteiger partial charge in [0.2, 0.25) is 0 Å². The van der Waals surface area contributed by atoms with Gasteiger partial charge in [-0.3, -0.25) is 4.98 Å². The van der Waals surface area contributed by atoms with E-state index in [0.29, 0.717) is 17.0 Å². The number of pyridine rings is 2. The number of rotatable bonds is 8. The standard InChI is InChI=1S/C25H17N2O.C24H18NO.Pt/c1-28-21-12-13-27-24(16-21)23-15-18(17-26)14-22(19-8-4-2-5-9-19)25(23)20-10-6-3-7-11-20;1-26-20-15-16-25-23(17-20)22-14-8-13-21(18-9-4-2-5-10-18)24(22)19-11-6-3-7-12-19;/h2-14,16H,1H3;2-13,15-17H,1H3;/q2*-1;+2. The number of nitrogens with zero attached hydrogens (tertiary/aromatic N) is 3. The van der Waals surface area contributed by atoms with Crippen LogP contribution in [0.1, 0.15) is 5.56 Å². The molecule has 6 heteroatoms. The molecule has 0 radical (unpaired) electrons. The maximum absolute atomic E-state index is 9.62. The van der Waals surface area contributed by atoms with Crippen molar-refractivity contribution < 1.29 is 30.5 Å². The van der Waals surface area contributed by atoms with E-state index in [4.69, 9.17) is 9.47 Å². The van der Waals surface area contributed by atoms with Crippen molar-refractivity contribution in [2.24, 2.45) is 0 Å². The van der Waals surface area contributed by atoms with E-state index in [1.165, 1.54) is 5.56 Å². The first-order valence-electron chi connectivity index (χ1n) is 17.4. The van der Waals surface area contributed by atoms with Crippen LogP contribution in [0.5, 0.6) is 11.5 Å². The predicted octanol–water partition coefficient (Wildman–Crippen LogP) is 11.7. The molecule has 0 amide bonds. The third kappa shape index (κ3) is 8.79. The number of benzene rings is 6. The van der Waals surface area contributed by atoms with Crippen LogP contribution in [0.15, 0.2) is 176 Å². The normalized spacial score (nSPS) is 10.2. The quantitative estimate of drug-likeness (QED) is 0.142. The molecule has 0 spiro atoms. The Morgan fingerprint density at radius 2 is 0.945 bits per heavy atom. The van der Waals surface area contributed by atoms with Crippen LogP contribution in [0.3, 0.4) is 0 Å². The molecule has 0 aliphatic rings. The summed E-state index contributed by atoms with van der Waals surface area (Å²) in [4.78, 5) is 9.10. The molecule has 2 heterocycles. The van der Waals surface area contributed by atoms with Gasteiger partial charge in [0, 0.05) is 18.1 Å². The molecule has 55 heavy (non-hydrogen) atoms. The molecule has 0 saturated heterocycles. The van der Waals surface area contributed by atoms with Gasteiger partial charge in [0.15, 0.2) is 0 Å². The number of aromatic nitrogens is 2. The van der Waals surface area contributed by atoms with Crippen molar-refractivity contribution in [2.45, 2.75) is 0 Å². The fourth-order valence-corrected chi connectivity index (χ4v) is 6.40. The zero-order valence-corrected chi connectivity index (χ0v) is 32.5. The minimum absolute atomic E-state index is 0. The molecule has 0 saturated carbocycles. The van der Waals surface area contributed by atoms with E-state index in [1.807, 2.05) is 91.0 Å². The van der Waals surface area contributed by atoms with Crippen molar-refractivity contribution >= 4 is 0 Å². The molecule has 6 aromatic carbocycles. The van der Waals surface area contributed by atoms with Crippen molar-refractivity contribution in [2.75, 3.05) is 14.2 Å². The minimum Gasteiger partial charge on any atom is -0.497 e. The van der Waals surface area contributed by atoms with Crippen LogP contribution in [0, 0.1) is 23.5 Å². The summed E-state index contributed by atoms with van der Waals surface area (Å²) < 4.78 is 10.8. The Labute approximate surface area is 336 Å². The van der Waals surface area contributed by atoms with Crippen LogP contribution in [0.2, 0.25) is 0 Å². The molecule has 5 nitrogen and oxygen atoms in total. The molecule has 8 aromatic rings. The maximum Gasteiger partial charge on any atom is 2.00 e. The summed E-state index contributed by atoms with van der Waals surface area (Å²) in [6, 6.07) is 63.3. The van der Waals surface area contributed by atoms with E-state index in [0.717, 1.165) is 61.5 Å². The Hall–Kier alpha value is -6.60. The van der Waals surface area contributed by atoms with E-state index in [1.54, 1.807) is 32.7 Å². The Morgan fingerprint density at radius 3 is 1.42 bits per heavy atom. The summed E-state index contributed by atoms with van der Waals surface area (Å²) in [5.74, 6) is 1.49. The molecular formula is C49H35N3O2Pt. The van der Waals surface area contributed by atoms with Gasteiger partial charge in [-0.25, -0.2) is 5.26 Å². The SMILES string of the molecule is COc1ccnc(-c2[c-]c(C#N)cc(-c3ccccc3)c2-c2ccccc2)c1.COc1ccnc(-c2[c-]ccc(-c3ccccc3)c2-c2ccccc2)c1.[Pt+2]. The molecular weight excluding hydrogens is 858 g/mol. The van der Waals surface area contributed by atoms with E-state index >= 15 is 0 Å². The molecule has 0 aliphatic heterocycles. The fourth-order valence-electron chi connectivity index (χ4n) is 6.40. The van der Waals surface area contributed by atoms with Crippen molar-refractivity contribution in [1.82, 2.24) is 9.97 Å². The molecule has 268 valence electrons. The molecule has 0 bridgehead atoms. The number of methoxy groups -OCH3 is 2. The Kier molecular flexibility index (Phi) is 12.8. The van der Waals surface area contributed by atoms with Crippen molar-refractivity contribution in [1.29, 1.82) is 5.26 Å².